The van der Waals surface area contributed by atoms with E-state index in [9.17, 15) is 0 Å². The van der Waals surface area contributed by atoms with Gasteiger partial charge in [0.25, 0.3) is 0 Å². The molecular weight excluding hydrogens is 855 g/mol. The molecule has 0 spiro atoms. The van der Waals surface area contributed by atoms with E-state index in [0.29, 0.717) is 0 Å². The second-order valence-corrected chi connectivity index (χ2v) is 21.6. The highest BCUT2D eigenvalue weighted by Crippen LogP contribution is 2.50. The summed E-state index contributed by atoms with van der Waals surface area (Å²) in [6.07, 6.45) is 0. The minimum absolute atomic E-state index is 0.0203. The van der Waals surface area contributed by atoms with Crippen LogP contribution in [0.25, 0.3) is 97.4 Å². The maximum Gasteiger partial charge on any atom is 0.136 e. The van der Waals surface area contributed by atoms with Gasteiger partial charge in [-0.25, -0.2) is 0 Å². The van der Waals surface area contributed by atoms with E-state index in [1.165, 1.54) is 69.9 Å². The molecule has 2 nitrogen and oxygen atoms in total. The largest absolute Gasteiger partial charge is 0.456 e. The third kappa shape index (κ3) is 7.41. The predicted molar refractivity (Wildman–Crippen MR) is 298 cm³/mol. The Bertz CT molecular complexity index is 3910. The number of rotatable bonds is 7. The van der Waals surface area contributed by atoms with Gasteiger partial charge in [0.05, 0.1) is 11.4 Å². The van der Waals surface area contributed by atoms with Crippen LogP contribution < -0.4 is 4.90 Å². The third-order valence-electron chi connectivity index (χ3n) is 14.0. The van der Waals surface area contributed by atoms with E-state index in [1.807, 2.05) is 17.4 Å². The second kappa shape index (κ2) is 16.5. The number of anilines is 3. The summed E-state index contributed by atoms with van der Waals surface area (Å²) in [5.41, 5.74) is 17.1. The lowest BCUT2D eigenvalue weighted by molar-refractivity contribution is 0.569. The van der Waals surface area contributed by atoms with Crippen molar-refractivity contribution in [3.63, 3.8) is 0 Å². The van der Waals surface area contributed by atoms with Crippen LogP contribution in [0, 0.1) is 0 Å². The second-order valence-electron chi connectivity index (χ2n) is 20.5. The standard InChI is InChI=1S/C66H53NOS/c1-65(2,3)45-38-44(39-46(41-45)66(4,5)6)49-28-16-20-42-21-17-30-52(62(42)49)50-24-7-11-32-56(50)67(47-23-15-22-43(40-47)48-29-19-37-61-64(48)55-27-10-14-36-60(55)69-61)57-33-12-8-25-51(57)53-31-18-35-59-63(53)54-26-9-13-34-58(54)68-59/h7-41H,1-6H3. The van der Waals surface area contributed by atoms with Crippen molar-refractivity contribution >= 4 is 81.3 Å². The molecule has 0 N–H and O–H groups in total. The first-order chi connectivity index (χ1) is 33.5. The van der Waals surface area contributed by atoms with Crippen LogP contribution >= 0.6 is 11.3 Å². The number of hydrogen-bond donors (Lipinski definition) is 0. The summed E-state index contributed by atoms with van der Waals surface area (Å²) in [5, 5.41) is 7.27. The predicted octanol–water partition coefficient (Wildman–Crippen LogP) is 19.8. The fourth-order valence-corrected chi connectivity index (χ4v) is 11.6. The van der Waals surface area contributed by atoms with Gasteiger partial charge in [-0.1, -0.05) is 205 Å². The van der Waals surface area contributed by atoms with E-state index >= 15 is 0 Å². The molecule has 2 aromatic heterocycles. The Morgan fingerprint density at radius 3 is 1.57 bits per heavy atom. The smallest absolute Gasteiger partial charge is 0.136 e. The molecule has 0 saturated carbocycles. The number of furan rings is 1. The van der Waals surface area contributed by atoms with Crippen molar-refractivity contribution in [2.75, 3.05) is 4.90 Å². The molecule has 0 aliphatic carbocycles. The molecule has 0 unspecified atom stereocenters. The molecule has 10 aromatic carbocycles. The van der Waals surface area contributed by atoms with Crippen molar-refractivity contribution in [3.05, 3.63) is 223 Å². The Labute approximate surface area is 408 Å². The first-order valence-electron chi connectivity index (χ1n) is 24.1. The van der Waals surface area contributed by atoms with Gasteiger partial charge in [0, 0.05) is 47.8 Å². The van der Waals surface area contributed by atoms with Crippen LogP contribution in [-0.2, 0) is 10.8 Å². The van der Waals surface area contributed by atoms with Crippen LogP contribution in [0.5, 0.6) is 0 Å². The van der Waals surface area contributed by atoms with Gasteiger partial charge in [0.1, 0.15) is 11.2 Å². The van der Waals surface area contributed by atoms with Gasteiger partial charge in [0.15, 0.2) is 0 Å². The Kier molecular flexibility index (Phi) is 10.2. The maximum atomic E-state index is 6.51. The molecule has 0 amide bonds. The van der Waals surface area contributed by atoms with E-state index in [2.05, 4.69) is 253 Å². The molecule has 0 aliphatic heterocycles. The topological polar surface area (TPSA) is 16.4 Å². The molecule has 12 aromatic rings. The number of thiophene rings is 1. The van der Waals surface area contributed by atoms with Crippen molar-refractivity contribution in [2.24, 2.45) is 0 Å². The van der Waals surface area contributed by atoms with Gasteiger partial charge in [-0.15, -0.1) is 11.3 Å². The zero-order chi connectivity index (χ0) is 47.0. The van der Waals surface area contributed by atoms with Gasteiger partial charge in [-0.3, -0.25) is 0 Å². The van der Waals surface area contributed by atoms with E-state index in [-0.39, 0.29) is 10.8 Å². The van der Waals surface area contributed by atoms with E-state index in [0.717, 1.165) is 55.7 Å². The van der Waals surface area contributed by atoms with E-state index in [4.69, 9.17) is 4.42 Å². The molecule has 334 valence electrons. The quantitative estimate of drug-likeness (QED) is 0.158. The lowest BCUT2D eigenvalue weighted by atomic mass is 9.78. The van der Waals surface area contributed by atoms with Gasteiger partial charge in [-0.2, -0.15) is 0 Å². The van der Waals surface area contributed by atoms with E-state index < -0.39 is 0 Å². The molecule has 0 fully saturated rings. The number of benzene rings is 10. The molecule has 2 heterocycles. The highest BCUT2D eigenvalue weighted by atomic mass is 32.1. The Balaban J connectivity index is 1.13. The van der Waals surface area contributed by atoms with Crippen molar-refractivity contribution in [1.82, 2.24) is 0 Å². The van der Waals surface area contributed by atoms with Crippen molar-refractivity contribution in [1.29, 1.82) is 0 Å². The molecule has 0 saturated heterocycles. The van der Waals surface area contributed by atoms with Crippen LogP contribution in [0.1, 0.15) is 52.7 Å². The number of hydrogen-bond acceptors (Lipinski definition) is 3. The Morgan fingerprint density at radius 2 is 0.870 bits per heavy atom. The summed E-state index contributed by atoms with van der Waals surface area (Å²) in [7, 11) is 0. The van der Waals surface area contributed by atoms with Gasteiger partial charge < -0.3 is 9.32 Å². The Morgan fingerprint density at radius 1 is 0.362 bits per heavy atom. The molecular formula is C66H53NOS. The number of para-hydroxylation sites is 3. The fourth-order valence-electron chi connectivity index (χ4n) is 10.5. The molecule has 0 bridgehead atoms. The minimum atomic E-state index is -0.0203. The van der Waals surface area contributed by atoms with Gasteiger partial charge >= 0.3 is 0 Å². The average molecular weight is 908 g/mol. The summed E-state index contributed by atoms with van der Waals surface area (Å²) < 4.78 is 9.11. The van der Waals surface area contributed by atoms with Gasteiger partial charge in [0.2, 0.25) is 0 Å². The molecule has 69 heavy (non-hydrogen) atoms. The first kappa shape index (κ1) is 42.6. The zero-order valence-electron chi connectivity index (χ0n) is 40.0. The maximum absolute atomic E-state index is 6.51. The minimum Gasteiger partial charge on any atom is -0.456 e. The van der Waals surface area contributed by atoms with Crippen LogP contribution in [0.4, 0.5) is 17.1 Å². The monoisotopic (exact) mass is 907 g/mol. The van der Waals surface area contributed by atoms with Crippen LogP contribution in [-0.4, -0.2) is 0 Å². The van der Waals surface area contributed by atoms with Crippen molar-refractivity contribution in [2.45, 2.75) is 52.4 Å². The lowest BCUT2D eigenvalue weighted by Gasteiger charge is -2.31. The zero-order valence-corrected chi connectivity index (χ0v) is 40.8. The summed E-state index contributed by atoms with van der Waals surface area (Å²) in [5.74, 6) is 0. The van der Waals surface area contributed by atoms with Crippen LogP contribution in [0.3, 0.4) is 0 Å². The molecule has 0 aliphatic rings. The SMILES string of the molecule is CC(C)(C)c1cc(-c2cccc3cccc(-c4ccccc4N(c4cccc(-c5cccc6sc7ccccc7c56)c4)c4ccccc4-c4cccc5oc6ccccc6c45)c23)cc(C(C)(C)C)c1. The molecule has 12 rings (SSSR count). The first-order valence-corrected chi connectivity index (χ1v) is 24.9. The third-order valence-corrected chi connectivity index (χ3v) is 15.1. The van der Waals surface area contributed by atoms with Crippen molar-refractivity contribution in [3.8, 4) is 44.5 Å². The summed E-state index contributed by atoms with van der Waals surface area (Å²) in [6, 6.07) is 78.4. The Hall–Kier alpha value is -7.72. The normalized spacial score (nSPS) is 12.2. The summed E-state index contributed by atoms with van der Waals surface area (Å²) in [6.45, 7) is 13.9. The number of fused-ring (bicyclic) bond motifs is 7. The fraction of sp³-hybridized carbons (Fsp3) is 0.121. The molecule has 0 atom stereocenters. The number of nitrogens with zero attached hydrogens (tertiary/aromatic N) is 1. The van der Waals surface area contributed by atoms with Crippen molar-refractivity contribution < 1.29 is 4.42 Å². The van der Waals surface area contributed by atoms with E-state index in [1.54, 1.807) is 0 Å². The molecule has 3 heteroatoms. The molecule has 0 radical (unpaired) electrons. The highest BCUT2D eigenvalue weighted by Gasteiger charge is 2.26. The highest BCUT2D eigenvalue weighted by molar-refractivity contribution is 7.25. The van der Waals surface area contributed by atoms with Gasteiger partial charge in [-0.05, 0) is 115 Å². The van der Waals surface area contributed by atoms with Crippen LogP contribution in [0.2, 0.25) is 0 Å². The summed E-state index contributed by atoms with van der Waals surface area (Å²) in [4.78, 5) is 2.50. The van der Waals surface area contributed by atoms with Crippen LogP contribution in [0.15, 0.2) is 217 Å². The average Bonchev–Trinajstić information content (AvgIpc) is 3.95. The lowest BCUT2D eigenvalue weighted by Crippen LogP contribution is -2.16. The summed E-state index contributed by atoms with van der Waals surface area (Å²) >= 11 is 1.86.